The van der Waals surface area contributed by atoms with Crippen molar-refractivity contribution in [2.24, 2.45) is 0 Å². The molecule has 7 heteroatoms. The zero-order valence-electron chi connectivity index (χ0n) is 11.6. The van der Waals surface area contributed by atoms with Gasteiger partial charge >= 0.3 is 0 Å². The Labute approximate surface area is 142 Å². The highest BCUT2D eigenvalue weighted by Crippen LogP contribution is 2.19. The fraction of sp³-hybridized carbons (Fsp3) is 0. The zero-order chi connectivity index (χ0) is 16.8. The van der Waals surface area contributed by atoms with Gasteiger partial charge in [0.05, 0.1) is 5.02 Å². The smallest absolute Gasteiger partial charge is 0.250 e. The Bertz CT molecular complexity index is 763. The van der Waals surface area contributed by atoms with Crippen LogP contribution in [0.5, 0.6) is 0 Å². The van der Waals surface area contributed by atoms with Crippen LogP contribution < -0.4 is 10.6 Å². The summed E-state index contributed by atoms with van der Waals surface area (Å²) in [6.45, 7) is 0. The highest BCUT2D eigenvalue weighted by atomic mass is 35.5. The number of hydrogen-bond donors (Lipinski definition) is 2. The summed E-state index contributed by atoms with van der Waals surface area (Å²) in [6.07, 6.45) is 2.78. The minimum atomic E-state index is -0.547. The number of halogens is 3. The van der Waals surface area contributed by atoms with E-state index in [1.165, 1.54) is 54.6 Å². The molecule has 0 atom stereocenters. The van der Waals surface area contributed by atoms with E-state index in [9.17, 15) is 13.6 Å². The molecule has 0 aliphatic carbocycles. The van der Waals surface area contributed by atoms with Gasteiger partial charge in [-0.15, -0.1) is 0 Å². The maximum atomic E-state index is 13.0. The molecule has 3 nitrogen and oxygen atoms in total. The Morgan fingerprint density at radius 2 is 1.83 bits per heavy atom. The fourth-order valence-electron chi connectivity index (χ4n) is 1.64. The average molecular weight is 353 g/mol. The summed E-state index contributed by atoms with van der Waals surface area (Å²) >= 11 is 10.6. The molecule has 0 unspecified atom stereocenters. The number of thiocarbonyl (C=S) groups is 1. The third-order valence-corrected chi connectivity index (χ3v) is 3.21. The number of carbonyl (C=O) groups is 1. The lowest BCUT2D eigenvalue weighted by Crippen LogP contribution is -2.32. The van der Waals surface area contributed by atoms with Crippen molar-refractivity contribution in [1.82, 2.24) is 5.32 Å². The molecule has 2 aromatic carbocycles. The summed E-state index contributed by atoms with van der Waals surface area (Å²) in [4.78, 5) is 11.7. The van der Waals surface area contributed by atoms with E-state index in [-0.39, 0.29) is 16.0 Å². The van der Waals surface area contributed by atoms with Crippen LogP contribution in [0.1, 0.15) is 5.56 Å². The summed E-state index contributed by atoms with van der Waals surface area (Å²) in [5.74, 6) is -1.36. The van der Waals surface area contributed by atoms with E-state index in [1.807, 2.05) is 0 Å². The van der Waals surface area contributed by atoms with Gasteiger partial charge in [0, 0.05) is 11.8 Å². The quantitative estimate of drug-likeness (QED) is 0.644. The van der Waals surface area contributed by atoms with Gasteiger partial charge in [-0.1, -0.05) is 23.7 Å². The van der Waals surface area contributed by atoms with Crippen molar-refractivity contribution in [2.45, 2.75) is 0 Å². The van der Waals surface area contributed by atoms with Crippen LogP contribution in [0, 0.1) is 11.6 Å². The molecule has 1 amide bonds. The van der Waals surface area contributed by atoms with E-state index in [4.69, 9.17) is 23.8 Å². The second-order valence-corrected chi connectivity index (χ2v) is 5.27. The molecule has 0 aliphatic heterocycles. The van der Waals surface area contributed by atoms with Crippen molar-refractivity contribution >= 4 is 46.6 Å². The zero-order valence-corrected chi connectivity index (χ0v) is 13.2. The lowest BCUT2D eigenvalue weighted by atomic mass is 10.2. The highest BCUT2D eigenvalue weighted by molar-refractivity contribution is 7.80. The van der Waals surface area contributed by atoms with Crippen LogP contribution in [0.3, 0.4) is 0 Å². The first-order chi connectivity index (χ1) is 10.9. The van der Waals surface area contributed by atoms with E-state index in [0.29, 0.717) is 11.3 Å². The summed E-state index contributed by atoms with van der Waals surface area (Å²) in [6, 6.07) is 9.64. The van der Waals surface area contributed by atoms with E-state index < -0.39 is 11.7 Å². The molecule has 0 aliphatic rings. The molecule has 2 aromatic rings. The van der Waals surface area contributed by atoms with Crippen LogP contribution in [0.4, 0.5) is 14.5 Å². The Morgan fingerprint density at radius 1 is 1.13 bits per heavy atom. The van der Waals surface area contributed by atoms with E-state index in [1.54, 1.807) is 0 Å². The minimum Gasteiger partial charge on any atom is -0.332 e. The molecule has 118 valence electrons. The molecule has 0 heterocycles. The van der Waals surface area contributed by atoms with Gasteiger partial charge in [-0.05, 0) is 54.2 Å². The predicted octanol–water partition coefficient (Wildman–Crippen LogP) is 4.14. The standard InChI is InChI=1S/C16H11ClF2N2OS/c17-13-9-12(6-7-14(13)19)20-16(23)21-15(22)8-3-10-1-4-11(18)5-2-10/h1-9H,(H2,20,21,22,23)/b8-3+. The molecule has 0 bridgehead atoms. The summed E-state index contributed by atoms with van der Waals surface area (Å²) in [5.41, 5.74) is 1.12. The molecular weight excluding hydrogens is 342 g/mol. The van der Waals surface area contributed by atoms with Gasteiger partial charge in [-0.3, -0.25) is 10.1 Å². The summed E-state index contributed by atoms with van der Waals surface area (Å²) < 4.78 is 25.8. The van der Waals surface area contributed by atoms with Gasteiger partial charge in [0.1, 0.15) is 11.6 Å². The first kappa shape index (κ1) is 17.1. The minimum absolute atomic E-state index is 0.0430. The van der Waals surface area contributed by atoms with Crippen LogP contribution in [0.25, 0.3) is 6.08 Å². The number of rotatable bonds is 3. The number of benzene rings is 2. The molecule has 0 saturated carbocycles. The third kappa shape index (κ3) is 5.43. The normalized spacial score (nSPS) is 10.6. The molecule has 0 spiro atoms. The molecule has 0 saturated heterocycles. The highest BCUT2D eigenvalue weighted by Gasteiger charge is 2.04. The summed E-state index contributed by atoms with van der Waals surface area (Å²) in [7, 11) is 0. The van der Waals surface area contributed by atoms with Crippen LogP contribution in [-0.4, -0.2) is 11.0 Å². The molecule has 2 rings (SSSR count). The Balaban J connectivity index is 1.90. The van der Waals surface area contributed by atoms with Crippen molar-refractivity contribution in [3.63, 3.8) is 0 Å². The molecule has 23 heavy (non-hydrogen) atoms. The maximum Gasteiger partial charge on any atom is 0.250 e. The lowest BCUT2D eigenvalue weighted by molar-refractivity contribution is -0.115. The number of amides is 1. The van der Waals surface area contributed by atoms with Gasteiger partial charge in [-0.2, -0.15) is 0 Å². The molecule has 2 N–H and O–H groups in total. The van der Waals surface area contributed by atoms with Crippen molar-refractivity contribution in [3.8, 4) is 0 Å². The van der Waals surface area contributed by atoms with Crippen molar-refractivity contribution in [3.05, 3.63) is 70.8 Å². The molecule has 0 fully saturated rings. The number of carbonyl (C=O) groups excluding carboxylic acids is 1. The number of hydrogen-bond acceptors (Lipinski definition) is 2. The van der Waals surface area contributed by atoms with Crippen molar-refractivity contribution in [1.29, 1.82) is 0 Å². The van der Waals surface area contributed by atoms with E-state index >= 15 is 0 Å². The average Bonchev–Trinajstić information content (AvgIpc) is 2.50. The lowest BCUT2D eigenvalue weighted by Gasteiger charge is -2.08. The topological polar surface area (TPSA) is 41.1 Å². The van der Waals surface area contributed by atoms with Gasteiger partial charge < -0.3 is 5.32 Å². The number of nitrogens with one attached hydrogen (secondary N) is 2. The first-order valence-electron chi connectivity index (χ1n) is 6.45. The van der Waals surface area contributed by atoms with Crippen molar-refractivity contribution in [2.75, 3.05) is 5.32 Å². The Kier molecular flexibility index (Phi) is 5.78. The van der Waals surface area contributed by atoms with Gasteiger partial charge in [0.2, 0.25) is 5.91 Å². The summed E-state index contributed by atoms with van der Waals surface area (Å²) in [5, 5.41) is 5.13. The van der Waals surface area contributed by atoms with Crippen LogP contribution >= 0.6 is 23.8 Å². The number of anilines is 1. The molecule has 0 radical (unpaired) electrons. The van der Waals surface area contributed by atoms with Gasteiger partial charge in [-0.25, -0.2) is 8.78 Å². The van der Waals surface area contributed by atoms with Crippen LogP contribution in [-0.2, 0) is 4.79 Å². The van der Waals surface area contributed by atoms with Gasteiger partial charge in [0.25, 0.3) is 0 Å². The van der Waals surface area contributed by atoms with Gasteiger partial charge in [0.15, 0.2) is 5.11 Å². The Hall–Kier alpha value is -2.31. The molecular formula is C16H11ClF2N2OS. The predicted molar refractivity (Wildman–Crippen MR) is 91.2 cm³/mol. The van der Waals surface area contributed by atoms with Crippen molar-refractivity contribution < 1.29 is 13.6 Å². The second kappa shape index (κ2) is 7.80. The maximum absolute atomic E-state index is 13.0. The first-order valence-corrected chi connectivity index (χ1v) is 7.23. The van der Waals surface area contributed by atoms with Crippen LogP contribution in [0.2, 0.25) is 5.02 Å². The SMILES string of the molecule is O=C(/C=C/c1ccc(F)cc1)NC(=S)Nc1ccc(F)c(Cl)c1. The second-order valence-electron chi connectivity index (χ2n) is 4.46. The fourth-order valence-corrected chi connectivity index (χ4v) is 2.03. The largest absolute Gasteiger partial charge is 0.332 e. The monoisotopic (exact) mass is 352 g/mol. The molecule has 0 aromatic heterocycles. The van der Waals surface area contributed by atoms with E-state index in [0.717, 1.165) is 0 Å². The Morgan fingerprint density at radius 3 is 2.48 bits per heavy atom. The van der Waals surface area contributed by atoms with E-state index in [2.05, 4.69) is 10.6 Å². The van der Waals surface area contributed by atoms with Crippen LogP contribution in [0.15, 0.2) is 48.5 Å². The third-order valence-electron chi connectivity index (χ3n) is 2.71.